The summed E-state index contributed by atoms with van der Waals surface area (Å²) in [7, 11) is -6.69. The Bertz CT molecular complexity index is 192. The van der Waals surface area contributed by atoms with E-state index in [1.807, 2.05) is 0 Å². The minimum atomic E-state index is -6.69. The molecule has 0 saturated heterocycles. The molecule has 3 N–H and O–H groups in total. The third-order valence-corrected chi connectivity index (χ3v) is 3.02. The molecule has 88 valence electrons. The molecule has 0 aromatic rings. The van der Waals surface area contributed by atoms with Crippen molar-refractivity contribution >= 4 is 7.28 Å². The third kappa shape index (κ3) is 7.31. The van der Waals surface area contributed by atoms with Crippen molar-refractivity contribution in [2.24, 2.45) is 0 Å². The van der Waals surface area contributed by atoms with Crippen LogP contribution in [0.4, 0.5) is 26.3 Å². The Morgan fingerprint density at radius 1 is 0.714 bits per heavy atom. The van der Waals surface area contributed by atoms with Gasteiger partial charge in [0.1, 0.15) is 0 Å². The molecule has 0 fully saturated rings. The molecule has 0 unspecified atom stereocenters. The standard InChI is InChI=1S/C4H7F6O3P/c5-3(6,7)1-14(11,12,13)2-4(8,9)10/h11-13H,1-2H2. The summed E-state index contributed by atoms with van der Waals surface area (Å²) in [5.41, 5.74) is 0. The Balaban J connectivity index is 4.70. The van der Waals surface area contributed by atoms with E-state index in [1.165, 1.54) is 0 Å². The van der Waals surface area contributed by atoms with Gasteiger partial charge in [-0.3, -0.25) is 0 Å². The summed E-state index contributed by atoms with van der Waals surface area (Å²) in [5, 5.41) is 0. The van der Waals surface area contributed by atoms with E-state index < -0.39 is 32.0 Å². The van der Waals surface area contributed by atoms with Crippen molar-refractivity contribution in [3.63, 3.8) is 0 Å². The molecule has 0 amide bonds. The zero-order chi connectivity index (χ0) is 11.9. The van der Waals surface area contributed by atoms with Crippen molar-refractivity contribution in [1.82, 2.24) is 0 Å². The molecule has 0 rings (SSSR count). The maximum absolute atomic E-state index is 11.6. The van der Waals surface area contributed by atoms with Gasteiger partial charge in [-0.2, -0.15) is 0 Å². The summed E-state index contributed by atoms with van der Waals surface area (Å²) in [6.45, 7) is 0. The van der Waals surface area contributed by atoms with Crippen molar-refractivity contribution < 1.29 is 41.0 Å². The van der Waals surface area contributed by atoms with Gasteiger partial charge in [0.25, 0.3) is 0 Å². The molecule has 3 nitrogen and oxygen atoms in total. The van der Waals surface area contributed by atoms with Gasteiger partial charge < -0.3 is 0 Å². The van der Waals surface area contributed by atoms with Crippen LogP contribution in [0.2, 0.25) is 0 Å². The van der Waals surface area contributed by atoms with Gasteiger partial charge in [-0.1, -0.05) is 0 Å². The number of halogens is 6. The van der Waals surface area contributed by atoms with Crippen LogP contribution in [-0.2, 0) is 0 Å². The van der Waals surface area contributed by atoms with Gasteiger partial charge in [-0.15, -0.1) is 0 Å². The van der Waals surface area contributed by atoms with Gasteiger partial charge in [0.2, 0.25) is 0 Å². The second-order valence-electron chi connectivity index (χ2n) is 2.89. The molecule has 0 aliphatic carbocycles. The summed E-state index contributed by atoms with van der Waals surface area (Å²) >= 11 is 0. The molecule has 10 heteroatoms. The topological polar surface area (TPSA) is 60.7 Å². The zero-order valence-corrected chi connectivity index (χ0v) is 7.37. The SMILES string of the molecule is OP(O)(O)(CC(F)(F)F)CC(F)(F)F. The Kier molecular flexibility index (Phi) is 3.17. The predicted molar refractivity (Wildman–Crippen MR) is 35.4 cm³/mol. The molecular weight excluding hydrogens is 241 g/mol. The Labute approximate surface area is 74.1 Å². The average Bonchev–Trinajstić information content (AvgIpc) is 1.39. The zero-order valence-electron chi connectivity index (χ0n) is 6.47. The van der Waals surface area contributed by atoms with Crippen LogP contribution >= 0.6 is 7.28 Å². The van der Waals surface area contributed by atoms with Crippen LogP contribution in [0.15, 0.2) is 0 Å². The monoisotopic (exact) mass is 248 g/mol. The van der Waals surface area contributed by atoms with Crippen LogP contribution in [0, 0.1) is 0 Å². The molecule has 0 radical (unpaired) electrons. The van der Waals surface area contributed by atoms with Crippen molar-refractivity contribution in [2.75, 3.05) is 12.3 Å². The van der Waals surface area contributed by atoms with Crippen molar-refractivity contribution in [3.05, 3.63) is 0 Å². The van der Waals surface area contributed by atoms with Gasteiger partial charge in [0, 0.05) is 0 Å². The van der Waals surface area contributed by atoms with E-state index in [2.05, 4.69) is 0 Å². The number of hydrogen-bond donors (Lipinski definition) is 3. The first kappa shape index (κ1) is 13.9. The molecule has 0 aliphatic heterocycles. The van der Waals surface area contributed by atoms with Crippen LogP contribution in [0.1, 0.15) is 0 Å². The van der Waals surface area contributed by atoms with Gasteiger partial charge >= 0.3 is 73.0 Å². The molecule has 0 saturated carbocycles. The number of rotatable bonds is 2. The average molecular weight is 248 g/mol. The van der Waals surface area contributed by atoms with Gasteiger partial charge in [0.05, 0.1) is 0 Å². The van der Waals surface area contributed by atoms with E-state index in [9.17, 15) is 26.3 Å². The molecule has 0 aromatic heterocycles. The van der Waals surface area contributed by atoms with Crippen molar-refractivity contribution in [1.29, 1.82) is 0 Å². The Morgan fingerprint density at radius 3 is 1.07 bits per heavy atom. The molecule has 0 heterocycles. The second kappa shape index (κ2) is 3.19. The maximum atomic E-state index is 11.6. The first-order chi connectivity index (χ1) is 5.68. The summed E-state index contributed by atoms with van der Waals surface area (Å²) < 4.78 is 69.3. The van der Waals surface area contributed by atoms with Crippen LogP contribution in [0.5, 0.6) is 0 Å². The summed E-state index contributed by atoms with van der Waals surface area (Å²) in [5.74, 6) is 0. The van der Waals surface area contributed by atoms with Gasteiger partial charge in [0.15, 0.2) is 0 Å². The molecule has 0 bridgehead atoms. The summed E-state index contributed by atoms with van der Waals surface area (Å²) in [6.07, 6.45) is -15.9. The van der Waals surface area contributed by atoms with Gasteiger partial charge in [-0.05, 0) is 0 Å². The van der Waals surface area contributed by atoms with E-state index in [1.54, 1.807) is 0 Å². The molecule has 0 aromatic carbocycles. The molecule has 0 aliphatic rings. The molecule has 0 spiro atoms. The second-order valence-corrected chi connectivity index (χ2v) is 6.20. The predicted octanol–water partition coefficient (Wildman–Crippen LogP) is 1.39. The summed E-state index contributed by atoms with van der Waals surface area (Å²) in [4.78, 5) is 25.4. The quantitative estimate of drug-likeness (QED) is 0.511. The third-order valence-electron chi connectivity index (χ3n) is 1.01. The number of hydrogen-bond acceptors (Lipinski definition) is 3. The van der Waals surface area contributed by atoms with Crippen LogP contribution in [0.25, 0.3) is 0 Å². The Hall–Kier alpha value is -0.110. The van der Waals surface area contributed by atoms with Crippen LogP contribution in [-0.4, -0.2) is 39.4 Å². The van der Waals surface area contributed by atoms with E-state index >= 15 is 0 Å². The van der Waals surface area contributed by atoms with Crippen LogP contribution < -0.4 is 0 Å². The van der Waals surface area contributed by atoms with E-state index in [4.69, 9.17) is 14.7 Å². The minimum absolute atomic E-state index is 2.65. The fraction of sp³-hybridized carbons (Fsp3) is 1.00. The first-order valence-corrected chi connectivity index (χ1v) is 5.54. The normalized spacial score (nSPS) is 17.6. The molecule has 14 heavy (non-hydrogen) atoms. The number of alkyl halides is 6. The fourth-order valence-electron chi connectivity index (χ4n) is 0.791. The first-order valence-electron chi connectivity index (χ1n) is 3.07. The van der Waals surface area contributed by atoms with E-state index in [-0.39, 0.29) is 0 Å². The van der Waals surface area contributed by atoms with E-state index in [0.717, 1.165) is 0 Å². The van der Waals surface area contributed by atoms with E-state index in [0.29, 0.717) is 0 Å². The fourth-order valence-corrected chi connectivity index (χ4v) is 2.37. The van der Waals surface area contributed by atoms with Crippen molar-refractivity contribution in [2.45, 2.75) is 12.4 Å². The van der Waals surface area contributed by atoms with Gasteiger partial charge in [-0.25, -0.2) is 0 Å². The van der Waals surface area contributed by atoms with Crippen LogP contribution in [0.3, 0.4) is 0 Å². The summed E-state index contributed by atoms with van der Waals surface area (Å²) in [6, 6.07) is 0. The van der Waals surface area contributed by atoms with Crippen molar-refractivity contribution in [3.8, 4) is 0 Å². The molecule has 0 atom stereocenters. The molecular formula is C4H7F6O3P. The Morgan fingerprint density at radius 2 is 0.929 bits per heavy atom.